The zero-order valence-corrected chi connectivity index (χ0v) is 9.41. The molecule has 15 heavy (non-hydrogen) atoms. The average molecular weight is 214 g/mol. The summed E-state index contributed by atoms with van der Waals surface area (Å²) in [5.74, 6) is -0.516. The molecule has 0 aliphatic carbocycles. The molecule has 0 bridgehead atoms. The van der Waals surface area contributed by atoms with Crippen molar-refractivity contribution in [3.63, 3.8) is 0 Å². The van der Waals surface area contributed by atoms with E-state index < -0.39 is 5.91 Å². The maximum absolute atomic E-state index is 10.5. The average Bonchev–Trinajstić information content (AvgIpc) is 2.26. The van der Waals surface area contributed by atoms with Crippen molar-refractivity contribution in [2.45, 2.75) is 57.8 Å². The van der Waals surface area contributed by atoms with Crippen molar-refractivity contribution in [1.29, 1.82) is 0 Å². The number of nitroso groups, excluding NO2 is 1. The Morgan fingerprint density at radius 1 is 0.867 bits per heavy atom. The second kappa shape index (κ2) is 11.3. The van der Waals surface area contributed by atoms with E-state index in [2.05, 4.69) is 5.18 Å². The lowest BCUT2D eigenvalue weighted by molar-refractivity contribution is -0.118. The van der Waals surface area contributed by atoms with Crippen LogP contribution in [0.4, 0.5) is 0 Å². The van der Waals surface area contributed by atoms with E-state index >= 15 is 0 Å². The first-order chi connectivity index (χ1) is 7.31. The van der Waals surface area contributed by atoms with Crippen molar-refractivity contribution in [2.24, 2.45) is 10.9 Å². The van der Waals surface area contributed by atoms with Gasteiger partial charge in [0, 0.05) is 11.6 Å². The Kier molecular flexibility index (Phi) is 10.7. The largest absolute Gasteiger partial charge is 0.330 e. The third kappa shape index (κ3) is 11.2. The fourth-order valence-electron chi connectivity index (χ4n) is 1.53. The second-order valence-electron chi connectivity index (χ2n) is 3.85. The van der Waals surface area contributed by atoms with Crippen LogP contribution in [0.2, 0.25) is 0 Å². The number of nitrogens with two attached hydrogens (primary N) is 1. The number of amides is 1. The highest BCUT2D eigenvalue weighted by Gasteiger charge is 1.99. The van der Waals surface area contributed by atoms with Gasteiger partial charge in [0.2, 0.25) is 0 Å². The standard InChI is InChI=1S/C11H22N2O2/c12-10-8-6-4-2-1-3-5-7-9-11(14)13-15/h1-10,12H2. The van der Waals surface area contributed by atoms with E-state index in [0.29, 0.717) is 6.42 Å². The van der Waals surface area contributed by atoms with E-state index in [4.69, 9.17) is 5.73 Å². The SMILES string of the molecule is NCCCCCCCCCCC(=O)N=O. The molecule has 0 aliphatic heterocycles. The quantitative estimate of drug-likeness (QED) is 0.449. The van der Waals surface area contributed by atoms with Crippen LogP contribution in [0, 0.1) is 4.91 Å². The Morgan fingerprint density at radius 3 is 1.80 bits per heavy atom. The van der Waals surface area contributed by atoms with Crippen LogP contribution in [0.1, 0.15) is 57.8 Å². The highest BCUT2D eigenvalue weighted by molar-refractivity contribution is 5.76. The van der Waals surface area contributed by atoms with Gasteiger partial charge < -0.3 is 5.73 Å². The predicted molar refractivity (Wildman–Crippen MR) is 61.4 cm³/mol. The zero-order chi connectivity index (χ0) is 11.4. The summed E-state index contributed by atoms with van der Waals surface area (Å²) in [6, 6.07) is 0. The van der Waals surface area contributed by atoms with Gasteiger partial charge in [0.25, 0.3) is 5.91 Å². The van der Waals surface area contributed by atoms with Crippen molar-refractivity contribution in [2.75, 3.05) is 6.54 Å². The van der Waals surface area contributed by atoms with Crippen LogP contribution >= 0.6 is 0 Å². The monoisotopic (exact) mass is 214 g/mol. The highest BCUT2D eigenvalue weighted by atomic mass is 16.3. The zero-order valence-electron chi connectivity index (χ0n) is 9.41. The predicted octanol–water partition coefficient (Wildman–Crippen LogP) is 2.75. The van der Waals surface area contributed by atoms with Gasteiger partial charge in [-0.25, -0.2) is 0 Å². The van der Waals surface area contributed by atoms with Crippen LogP contribution in [-0.4, -0.2) is 12.5 Å². The Morgan fingerprint density at radius 2 is 1.33 bits per heavy atom. The van der Waals surface area contributed by atoms with Gasteiger partial charge in [0.05, 0.1) is 0 Å². The molecule has 0 saturated heterocycles. The van der Waals surface area contributed by atoms with E-state index in [1.807, 2.05) is 0 Å². The molecule has 4 heteroatoms. The summed E-state index contributed by atoms with van der Waals surface area (Å²) in [6.07, 6.45) is 9.36. The minimum Gasteiger partial charge on any atom is -0.330 e. The summed E-state index contributed by atoms with van der Waals surface area (Å²) in [7, 11) is 0. The molecular weight excluding hydrogens is 192 g/mol. The molecule has 0 aromatic heterocycles. The molecule has 0 rings (SSSR count). The second-order valence-corrected chi connectivity index (χ2v) is 3.85. The van der Waals surface area contributed by atoms with Crippen molar-refractivity contribution in [3.05, 3.63) is 4.91 Å². The van der Waals surface area contributed by atoms with E-state index in [1.54, 1.807) is 0 Å². The molecule has 0 spiro atoms. The van der Waals surface area contributed by atoms with Crippen LogP contribution in [0.25, 0.3) is 0 Å². The van der Waals surface area contributed by atoms with Crippen molar-refractivity contribution in [3.8, 4) is 0 Å². The van der Waals surface area contributed by atoms with Gasteiger partial charge in [-0.05, 0) is 19.4 Å². The molecule has 0 unspecified atom stereocenters. The highest BCUT2D eigenvalue weighted by Crippen LogP contribution is 2.09. The van der Waals surface area contributed by atoms with Gasteiger partial charge in [-0.1, -0.05) is 38.5 Å². The fraction of sp³-hybridized carbons (Fsp3) is 0.909. The van der Waals surface area contributed by atoms with Crippen LogP contribution in [-0.2, 0) is 4.79 Å². The molecule has 0 aliphatic rings. The Bertz CT molecular complexity index is 172. The Labute approximate surface area is 91.6 Å². The van der Waals surface area contributed by atoms with E-state index in [0.717, 1.165) is 32.2 Å². The lowest BCUT2D eigenvalue weighted by atomic mass is 10.1. The fourth-order valence-corrected chi connectivity index (χ4v) is 1.53. The minimum absolute atomic E-state index is 0.316. The molecule has 0 saturated carbocycles. The van der Waals surface area contributed by atoms with E-state index in [-0.39, 0.29) is 0 Å². The molecule has 1 amide bonds. The summed E-state index contributed by atoms with van der Waals surface area (Å²) >= 11 is 0. The minimum atomic E-state index is -0.516. The third-order valence-electron chi connectivity index (χ3n) is 2.45. The van der Waals surface area contributed by atoms with Gasteiger partial charge in [-0.15, -0.1) is 4.91 Å². The van der Waals surface area contributed by atoms with Crippen molar-refractivity contribution in [1.82, 2.24) is 0 Å². The van der Waals surface area contributed by atoms with Gasteiger partial charge in [-0.3, -0.25) is 4.79 Å². The van der Waals surface area contributed by atoms with Gasteiger partial charge >= 0.3 is 0 Å². The Balaban J connectivity index is 2.98. The first kappa shape index (κ1) is 14.2. The lowest BCUT2D eigenvalue weighted by Gasteiger charge is -2.00. The van der Waals surface area contributed by atoms with Crippen LogP contribution in [0.5, 0.6) is 0 Å². The molecule has 0 aromatic rings. The van der Waals surface area contributed by atoms with Gasteiger partial charge in [0.15, 0.2) is 0 Å². The molecular formula is C11H22N2O2. The summed E-state index contributed by atoms with van der Waals surface area (Å²) in [4.78, 5) is 20.3. The summed E-state index contributed by atoms with van der Waals surface area (Å²) in [6.45, 7) is 0.792. The first-order valence-corrected chi connectivity index (χ1v) is 5.87. The summed E-state index contributed by atoms with van der Waals surface area (Å²) < 4.78 is 0. The van der Waals surface area contributed by atoms with E-state index in [1.165, 1.54) is 25.7 Å². The number of nitrogens with zero attached hydrogens (tertiary/aromatic N) is 1. The lowest BCUT2D eigenvalue weighted by Crippen LogP contribution is -1.97. The van der Waals surface area contributed by atoms with Gasteiger partial charge in [-0.2, -0.15) is 0 Å². The van der Waals surface area contributed by atoms with Crippen molar-refractivity contribution < 1.29 is 4.79 Å². The third-order valence-corrected chi connectivity index (χ3v) is 2.45. The van der Waals surface area contributed by atoms with Gasteiger partial charge in [0.1, 0.15) is 0 Å². The van der Waals surface area contributed by atoms with Crippen LogP contribution in [0.15, 0.2) is 5.18 Å². The molecule has 0 aromatic carbocycles. The molecule has 2 N–H and O–H groups in total. The summed E-state index contributed by atoms with van der Waals surface area (Å²) in [5.41, 5.74) is 5.38. The number of unbranched alkanes of at least 4 members (excludes halogenated alkanes) is 7. The first-order valence-electron chi connectivity index (χ1n) is 5.87. The summed E-state index contributed by atoms with van der Waals surface area (Å²) in [5, 5.41) is 2.36. The number of hydrogen-bond acceptors (Lipinski definition) is 3. The number of carbonyl (C=O) groups excluding carboxylic acids is 1. The van der Waals surface area contributed by atoms with Crippen LogP contribution in [0.3, 0.4) is 0 Å². The smallest absolute Gasteiger partial charge is 0.286 e. The molecule has 0 radical (unpaired) electrons. The van der Waals surface area contributed by atoms with E-state index in [9.17, 15) is 9.70 Å². The topological polar surface area (TPSA) is 72.5 Å². The molecule has 88 valence electrons. The Hall–Kier alpha value is -0.770. The maximum Gasteiger partial charge on any atom is 0.286 e. The van der Waals surface area contributed by atoms with Crippen LogP contribution < -0.4 is 5.73 Å². The maximum atomic E-state index is 10.5. The number of hydrogen-bond donors (Lipinski definition) is 1. The normalized spacial score (nSPS) is 10.2. The molecule has 0 heterocycles. The number of carbonyl (C=O) groups is 1. The molecule has 4 nitrogen and oxygen atoms in total. The molecule has 0 atom stereocenters. The molecule has 0 fully saturated rings. The van der Waals surface area contributed by atoms with Crippen molar-refractivity contribution >= 4 is 5.91 Å². The number of rotatable bonds is 10.